The summed E-state index contributed by atoms with van der Waals surface area (Å²) in [5, 5.41) is 10.7. The van der Waals surface area contributed by atoms with E-state index < -0.39 is 23.1 Å². The lowest BCUT2D eigenvalue weighted by Crippen LogP contribution is -2.37. The Hall–Kier alpha value is -1.63. The first kappa shape index (κ1) is 13.8. The molecule has 1 saturated heterocycles. The van der Waals surface area contributed by atoms with Crippen LogP contribution in [0.1, 0.15) is 5.56 Å². The quantitative estimate of drug-likeness (QED) is 0.627. The zero-order chi connectivity index (χ0) is 14.0. The molecule has 0 unspecified atom stereocenters. The molecule has 0 N–H and O–H groups in total. The molecule has 104 valence electrons. The van der Waals surface area contributed by atoms with E-state index in [2.05, 4.69) is 0 Å². The van der Waals surface area contributed by atoms with Crippen molar-refractivity contribution < 1.29 is 18.1 Å². The van der Waals surface area contributed by atoms with Gasteiger partial charge in [-0.3, -0.25) is 15.0 Å². The van der Waals surface area contributed by atoms with E-state index in [9.17, 15) is 23.3 Å². The van der Waals surface area contributed by atoms with Gasteiger partial charge in [-0.15, -0.1) is 0 Å². The van der Waals surface area contributed by atoms with Gasteiger partial charge in [-0.25, -0.2) is 0 Å². The van der Waals surface area contributed by atoms with Crippen LogP contribution in [0.15, 0.2) is 30.3 Å². The van der Waals surface area contributed by atoms with Gasteiger partial charge >= 0.3 is 6.18 Å². The summed E-state index contributed by atoms with van der Waals surface area (Å²) in [6.07, 6.45) is -4.52. The Morgan fingerprint density at radius 3 is 2.37 bits per heavy atom. The number of halogens is 3. The molecule has 7 heteroatoms. The Balaban J connectivity index is 2.08. The molecule has 19 heavy (non-hydrogen) atoms. The number of rotatable bonds is 3. The summed E-state index contributed by atoms with van der Waals surface area (Å²) in [4.78, 5) is 11.4. The van der Waals surface area contributed by atoms with E-state index in [1.807, 2.05) is 6.07 Å². The monoisotopic (exact) mass is 274 g/mol. The van der Waals surface area contributed by atoms with Crippen molar-refractivity contribution in [1.82, 2.24) is 4.90 Å². The summed E-state index contributed by atoms with van der Waals surface area (Å²) in [6, 6.07) is 7.41. The first-order valence-electron chi connectivity index (χ1n) is 5.84. The minimum Gasteiger partial charge on any atom is -0.292 e. The summed E-state index contributed by atoms with van der Waals surface area (Å²) >= 11 is 0. The van der Waals surface area contributed by atoms with Crippen LogP contribution in [-0.2, 0) is 6.54 Å². The van der Waals surface area contributed by atoms with Gasteiger partial charge in [0.05, 0.1) is 6.54 Å². The molecular formula is C12H13F3N2O2. The van der Waals surface area contributed by atoms with Crippen LogP contribution in [0, 0.1) is 16.0 Å². The molecular weight excluding hydrogens is 261 g/mol. The molecule has 1 fully saturated rings. The minimum atomic E-state index is -4.52. The maximum absolute atomic E-state index is 12.8. The van der Waals surface area contributed by atoms with E-state index in [4.69, 9.17) is 0 Å². The predicted molar refractivity (Wildman–Crippen MR) is 62.0 cm³/mol. The van der Waals surface area contributed by atoms with Crippen molar-refractivity contribution in [3.8, 4) is 0 Å². The number of benzene rings is 1. The van der Waals surface area contributed by atoms with E-state index in [0.717, 1.165) is 5.56 Å². The van der Waals surface area contributed by atoms with Crippen molar-refractivity contribution in [1.29, 1.82) is 0 Å². The Kier molecular flexibility index (Phi) is 3.75. The molecule has 1 aliphatic rings. The highest BCUT2D eigenvalue weighted by atomic mass is 19.4. The molecule has 1 aliphatic heterocycles. The molecule has 0 saturated carbocycles. The van der Waals surface area contributed by atoms with E-state index in [1.54, 1.807) is 24.3 Å². The molecule has 1 heterocycles. The summed E-state index contributed by atoms with van der Waals surface area (Å²) in [5.74, 6) is -1.88. The molecule has 0 spiro atoms. The molecule has 0 radical (unpaired) electrons. The van der Waals surface area contributed by atoms with Crippen LogP contribution >= 0.6 is 0 Å². The third-order valence-corrected chi connectivity index (χ3v) is 3.30. The standard InChI is InChI=1S/C12H13F3N2O2/c13-12(14,15)10-7-16(8-11(10)17(18)19)6-9-4-2-1-3-5-9/h1-5,10-11H,6-8H2/t10-,11+/m1/s1. The van der Waals surface area contributed by atoms with Crippen LogP contribution in [0.3, 0.4) is 0 Å². The molecule has 2 rings (SSSR count). The first-order chi connectivity index (χ1) is 8.88. The van der Waals surface area contributed by atoms with Gasteiger partial charge in [0.2, 0.25) is 6.04 Å². The van der Waals surface area contributed by atoms with Gasteiger partial charge in [-0.1, -0.05) is 30.3 Å². The van der Waals surface area contributed by atoms with Crippen LogP contribution < -0.4 is 0 Å². The van der Waals surface area contributed by atoms with E-state index in [1.165, 1.54) is 4.90 Å². The molecule has 0 amide bonds. The minimum absolute atomic E-state index is 0.161. The zero-order valence-corrected chi connectivity index (χ0v) is 10.0. The fourth-order valence-corrected chi connectivity index (χ4v) is 2.37. The van der Waals surface area contributed by atoms with Crippen molar-refractivity contribution >= 4 is 0 Å². The Morgan fingerprint density at radius 1 is 1.26 bits per heavy atom. The lowest BCUT2D eigenvalue weighted by atomic mass is 10.0. The number of likely N-dealkylation sites (tertiary alicyclic amines) is 1. The lowest BCUT2D eigenvalue weighted by Gasteiger charge is -2.16. The van der Waals surface area contributed by atoms with Crippen LogP contribution in [0.2, 0.25) is 0 Å². The number of alkyl halides is 3. The SMILES string of the molecule is O=[N+]([O-])[C@H]1CN(Cc2ccccc2)C[C@H]1C(F)(F)F. The van der Waals surface area contributed by atoms with E-state index in [-0.39, 0.29) is 13.1 Å². The molecule has 0 bridgehead atoms. The molecule has 1 aromatic carbocycles. The average Bonchev–Trinajstić information content (AvgIpc) is 2.74. The Morgan fingerprint density at radius 2 is 1.89 bits per heavy atom. The van der Waals surface area contributed by atoms with Gasteiger partial charge in [0.15, 0.2) is 0 Å². The van der Waals surface area contributed by atoms with Crippen LogP contribution in [0.5, 0.6) is 0 Å². The second-order valence-corrected chi connectivity index (χ2v) is 4.68. The maximum atomic E-state index is 12.8. The highest BCUT2D eigenvalue weighted by Crippen LogP contribution is 2.35. The van der Waals surface area contributed by atoms with Crippen molar-refractivity contribution in [3.63, 3.8) is 0 Å². The topological polar surface area (TPSA) is 46.4 Å². The second-order valence-electron chi connectivity index (χ2n) is 4.68. The van der Waals surface area contributed by atoms with Crippen molar-refractivity contribution in [2.75, 3.05) is 13.1 Å². The zero-order valence-electron chi connectivity index (χ0n) is 10.0. The van der Waals surface area contributed by atoms with E-state index in [0.29, 0.717) is 6.54 Å². The van der Waals surface area contributed by atoms with Crippen LogP contribution in [-0.4, -0.2) is 35.1 Å². The number of nitro groups is 1. The van der Waals surface area contributed by atoms with Gasteiger partial charge in [-0.05, 0) is 5.56 Å². The van der Waals surface area contributed by atoms with Gasteiger partial charge in [0.25, 0.3) is 0 Å². The highest BCUT2D eigenvalue weighted by molar-refractivity contribution is 5.14. The smallest absolute Gasteiger partial charge is 0.292 e. The van der Waals surface area contributed by atoms with Crippen molar-refractivity contribution in [2.45, 2.75) is 18.8 Å². The normalized spacial score (nSPS) is 24.6. The summed E-state index contributed by atoms with van der Waals surface area (Å²) in [6.45, 7) is -0.173. The number of hydrogen-bond acceptors (Lipinski definition) is 3. The number of hydrogen-bond donors (Lipinski definition) is 0. The summed E-state index contributed by atoms with van der Waals surface area (Å²) in [7, 11) is 0. The van der Waals surface area contributed by atoms with Crippen molar-refractivity contribution in [2.24, 2.45) is 5.92 Å². The molecule has 2 atom stereocenters. The predicted octanol–water partition coefficient (Wildman–Crippen LogP) is 2.33. The average molecular weight is 274 g/mol. The summed E-state index contributed by atoms with van der Waals surface area (Å²) in [5.41, 5.74) is 0.854. The maximum Gasteiger partial charge on any atom is 0.399 e. The largest absolute Gasteiger partial charge is 0.399 e. The van der Waals surface area contributed by atoms with Crippen LogP contribution in [0.4, 0.5) is 13.2 Å². The van der Waals surface area contributed by atoms with Gasteiger partial charge < -0.3 is 0 Å². The second kappa shape index (κ2) is 5.16. The van der Waals surface area contributed by atoms with Gasteiger partial charge in [0, 0.05) is 18.0 Å². The fraction of sp³-hybridized carbons (Fsp3) is 0.500. The molecule has 0 aromatic heterocycles. The molecule has 1 aromatic rings. The van der Waals surface area contributed by atoms with Crippen LogP contribution in [0.25, 0.3) is 0 Å². The van der Waals surface area contributed by atoms with Crippen molar-refractivity contribution in [3.05, 3.63) is 46.0 Å². The Labute approximate surface area is 108 Å². The van der Waals surface area contributed by atoms with Gasteiger partial charge in [-0.2, -0.15) is 13.2 Å². The lowest BCUT2D eigenvalue weighted by molar-refractivity contribution is -0.534. The molecule has 4 nitrogen and oxygen atoms in total. The third kappa shape index (κ3) is 3.23. The fourth-order valence-electron chi connectivity index (χ4n) is 2.37. The Bertz CT molecular complexity index is 450. The third-order valence-electron chi connectivity index (χ3n) is 3.30. The highest BCUT2D eigenvalue weighted by Gasteiger charge is 2.55. The van der Waals surface area contributed by atoms with E-state index >= 15 is 0 Å². The number of nitrogens with zero attached hydrogens (tertiary/aromatic N) is 2. The van der Waals surface area contributed by atoms with Gasteiger partial charge in [0.1, 0.15) is 5.92 Å². The molecule has 0 aliphatic carbocycles. The first-order valence-corrected chi connectivity index (χ1v) is 5.84. The summed E-state index contributed by atoms with van der Waals surface area (Å²) < 4.78 is 38.3.